The van der Waals surface area contributed by atoms with E-state index >= 15 is 0 Å². The van der Waals surface area contributed by atoms with Gasteiger partial charge in [0.05, 0.1) is 6.04 Å². The van der Waals surface area contributed by atoms with Gasteiger partial charge in [-0.05, 0) is 64.3 Å². The quantitative estimate of drug-likeness (QED) is 0.757. The lowest BCUT2D eigenvalue weighted by atomic mass is 10.0. The van der Waals surface area contributed by atoms with Crippen molar-refractivity contribution in [2.24, 2.45) is 0 Å². The maximum Gasteiger partial charge on any atom is 0.263 e. The number of hydrogen-bond acceptors (Lipinski definition) is 5. The summed E-state index contributed by atoms with van der Waals surface area (Å²) in [6.45, 7) is 9.89. The molecule has 0 spiro atoms. The number of rotatable bonds is 4. The Balaban J connectivity index is 2.02. The summed E-state index contributed by atoms with van der Waals surface area (Å²) in [5.74, 6) is 0. The van der Waals surface area contributed by atoms with Crippen LogP contribution >= 0.6 is 11.3 Å². The van der Waals surface area contributed by atoms with Crippen molar-refractivity contribution >= 4 is 27.0 Å². The molecule has 136 valence electrons. The van der Waals surface area contributed by atoms with Crippen LogP contribution in [0.15, 0.2) is 23.1 Å². The average molecular weight is 380 g/mol. The van der Waals surface area contributed by atoms with Crippen LogP contribution in [0, 0.1) is 27.7 Å². The van der Waals surface area contributed by atoms with Crippen LogP contribution in [0.1, 0.15) is 45.8 Å². The van der Waals surface area contributed by atoms with Gasteiger partial charge in [-0.2, -0.15) is 0 Å². The molecule has 1 fully saturated rings. The van der Waals surface area contributed by atoms with Gasteiger partial charge in [0.2, 0.25) is 0 Å². The molecule has 2 atom stereocenters. The molecule has 2 unspecified atom stereocenters. The molecule has 0 radical (unpaired) electrons. The second-order valence-electron chi connectivity index (χ2n) is 6.92. The summed E-state index contributed by atoms with van der Waals surface area (Å²) in [4.78, 5) is 2.29. The Bertz CT molecular complexity index is 883. The highest BCUT2D eigenvalue weighted by Crippen LogP contribution is 2.39. The second-order valence-corrected chi connectivity index (χ2v) is 9.97. The van der Waals surface area contributed by atoms with Crippen molar-refractivity contribution in [3.05, 3.63) is 44.6 Å². The van der Waals surface area contributed by atoms with Crippen LogP contribution in [-0.4, -0.2) is 14.5 Å². The van der Waals surface area contributed by atoms with E-state index in [9.17, 15) is 8.42 Å². The van der Waals surface area contributed by atoms with E-state index in [-0.39, 0.29) is 6.04 Å². The highest BCUT2D eigenvalue weighted by molar-refractivity contribution is 7.93. The minimum absolute atomic E-state index is 0.00534. The summed E-state index contributed by atoms with van der Waals surface area (Å²) in [7, 11) is -3.65. The van der Waals surface area contributed by atoms with Crippen molar-refractivity contribution in [3.63, 3.8) is 0 Å². The summed E-state index contributed by atoms with van der Waals surface area (Å²) in [6.07, 6.45) is 0.864. The molecule has 3 N–H and O–H groups in total. The van der Waals surface area contributed by atoms with Crippen molar-refractivity contribution < 1.29 is 8.42 Å². The Hall–Kier alpha value is -1.41. The fraction of sp³-hybridized carbons (Fsp3) is 0.444. The number of nitrogens with one attached hydrogen (secondary N) is 3. The third kappa shape index (κ3) is 3.74. The number of benzene rings is 1. The molecule has 3 rings (SSSR count). The lowest BCUT2D eigenvalue weighted by molar-refractivity contribution is 0.552. The normalized spacial score (nSPS) is 20.8. The summed E-state index contributed by atoms with van der Waals surface area (Å²) in [5.41, 5.74) is 9.99. The molecule has 0 amide bonds. The monoisotopic (exact) mass is 379 g/mol. The zero-order valence-corrected chi connectivity index (χ0v) is 16.9. The zero-order chi connectivity index (χ0) is 18.4. The third-order valence-electron chi connectivity index (χ3n) is 4.43. The van der Waals surface area contributed by atoms with Crippen LogP contribution in [0.5, 0.6) is 0 Å². The predicted octanol–water partition coefficient (Wildman–Crippen LogP) is 3.71. The topological polar surface area (TPSA) is 70.2 Å². The maximum atomic E-state index is 13.2. The molecule has 5 nitrogen and oxygen atoms in total. The molecule has 1 aromatic carbocycles. The molecular weight excluding hydrogens is 354 g/mol. The van der Waals surface area contributed by atoms with Crippen LogP contribution in [0.2, 0.25) is 0 Å². The minimum atomic E-state index is -3.65. The Morgan fingerprint density at radius 2 is 1.68 bits per heavy atom. The number of sulfonamides is 1. The van der Waals surface area contributed by atoms with Crippen molar-refractivity contribution in [2.75, 3.05) is 4.72 Å². The molecular formula is C18H25N3O2S2. The third-order valence-corrected chi connectivity index (χ3v) is 7.17. The Labute approximate surface area is 153 Å². The average Bonchev–Trinajstić information content (AvgIpc) is 3.00. The largest absolute Gasteiger partial charge is 0.280 e. The fourth-order valence-corrected chi connectivity index (χ4v) is 6.59. The van der Waals surface area contributed by atoms with Crippen LogP contribution in [0.25, 0.3) is 0 Å². The molecule has 0 saturated carbocycles. The molecule has 0 aliphatic carbocycles. The first kappa shape index (κ1) is 18.4. The van der Waals surface area contributed by atoms with Crippen molar-refractivity contribution in [3.8, 4) is 0 Å². The molecule has 1 saturated heterocycles. The van der Waals surface area contributed by atoms with E-state index in [1.54, 1.807) is 11.3 Å². The van der Waals surface area contributed by atoms with Gasteiger partial charge in [-0.3, -0.25) is 10.1 Å². The van der Waals surface area contributed by atoms with Crippen molar-refractivity contribution in [1.82, 2.24) is 10.9 Å². The van der Waals surface area contributed by atoms with Gasteiger partial charge < -0.3 is 0 Å². The van der Waals surface area contributed by atoms with Gasteiger partial charge in [0, 0.05) is 27.0 Å². The smallest absolute Gasteiger partial charge is 0.263 e. The number of aryl methyl sites for hydroxylation is 4. The Morgan fingerprint density at radius 1 is 1.04 bits per heavy atom. The fourth-order valence-electron chi connectivity index (χ4n) is 3.56. The van der Waals surface area contributed by atoms with Crippen molar-refractivity contribution in [1.29, 1.82) is 0 Å². The molecule has 1 aromatic heterocycles. The number of hydrogen-bond donors (Lipinski definition) is 3. The van der Waals surface area contributed by atoms with E-state index in [1.807, 2.05) is 45.9 Å². The van der Waals surface area contributed by atoms with Crippen LogP contribution in [0.4, 0.5) is 5.69 Å². The van der Waals surface area contributed by atoms with Gasteiger partial charge in [-0.15, -0.1) is 11.3 Å². The summed E-state index contributed by atoms with van der Waals surface area (Å²) in [6, 6.07) is 6.06. The number of anilines is 1. The van der Waals surface area contributed by atoms with Gasteiger partial charge in [0.1, 0.15) is 4.90 Å². The van der Waals surface area contributed by atoms with E-state index in [4.69, 9.17) is 0 Å². The lowest BCUT2D eigenvalue weighted by Gasteiger charge is -2.15. The molecule has 7 heteroatoms. The number of hydrazine groups is 1. The summed E-state index contributed by atoms with van der Waals surface area (Å²) >= 11 is 1.54. The van der Waals surface area contributed by atoms with Gasteiger partial charge in [0.15, 0.2) is 0 Å². The molecule has 25 heavy (non-hydrogen) atoms. The zero-order valence-electron chi connectivity index (χ0n) is 15.2. The second kappa shape index (κ2) is 6.72. The highest BCUT2D eigenvalue weighted by Gasteiger charge is 2.33. The first-order valence-corrected chi connectivity index (χ1v) is 10.7. The van der Waals surface area contributed by atoms with Crippen LogP contribution in [-0.2, 0) is 10.0 Å². The highest BCUT2D eigenvalue weighted by atomic mass is 32.2. The van der Waals surface area contributed by atoms with Gasteiger partial charge in [0.25, 0.3) is 10.0 Å². The Morgan fingerprint density at radius 3 is 2.24 bits per heavy atom. The van der Waals surface area contributed by atoms with E-state index in [2.05, 4.69) is 22.5 Å². The number of thiophene rings is 1. The van der Waals surface area contributed by atoms with E-state index in [1.165, 1.54) is 0 Å². The van der Waals surface area contributed by atoms with Crippen LogP contribution < -0.4 is 15.6 Å². The maximum absolute atomic E-state index is 13.2. The Kier molecular flexibility index (Phi) is 4.94. The standard InChI is InChI=1S/C18H25N3O2S2/c1-10-6-11(2)8-15(7-10)21-25(22,23)18-14(5)24-13(4)17(18)16-9-12(3)19-20-16/h6-8,12,16,19-21H,9H2,1-5H3. The van der Waals surface area contributed by atoms with Gasteiger partial charge in [-0.25, -0.2) is 13.8 Å². The molecule has 1 aliphatic rings. The van der Waals surface area contributed by atoms with E-state index in [0.717, 1.165) is 32.9 Å². The molecule has 0 bridgehead atoms. The van der Waals surface area contributed by atoms with Gasteiger partial charge >= 0.3 is 0 Å². The SMILES string of the molecule is Cc1cc(C)cc(NS(=O)(=O)c2c(C)sc(C)c2C2CC(C)NN2)c1. The van der Waals surface area contributed by atoms with E-state index < -0.39 is 10.0 Å². The first-order valence-electron chi connectivity index (χ1n) is 8.39. The minimum Gasteiger partial charge on any atom is -0.280 e. The molecule has 2 aromatic rings. The molecule has 2 heterocycles. The predicted molar refractivity (Wildman–Crippen MR) is 104 cm³/mol. The van der Waals surface area contributed by atoms with Gasteiger partial charge in [-0.1, -0.05) is 6.07 Å². The van der Waals surface area contributed by atoms with Crippen molar-refractivity contribution in [2.45, 2.75) is 58.0 Å². The van der Waals surface area contributed by atoms with E-state index in [0.29, 0.717) is 16.6 Å². The summed E-state index contributed by atoms with van der Waals surface area (Å²) < 4.78 is 29.1. The molecule has 1 aliphatic heterocycles. The van der Waals surface area contributed by atoms with Crippen LogP contribution in [0.3, 0.4) is 0 Å². The lowest BCUT2D eigenvalue weighted by Crippen LogP contribution is -2.29. The summed E-state index contributed by atoms with van der Waals surface area (Å²) in [5, 5.41) is 0. The first-order chi connectivity index (χ1) is 11.7.